The van der Waals surface area contributed by atoms with E-state index in [1.807, 2.05) is 0 Å². The SMILES string of the molecule is CCN1CCN(C(=O)N(C(=O)[C@@H](C)N)C2CN(S(=O)(=O)[O-])C2=O)C(=O)C1=O.[Na+]. The number of carbonyl (C=O) groups excluding carboxylic acids is 5. The number of rotatable bonds is 4. The number of hydrogen-bond acceptors (Lipinski definition) is 9. The molecule has 2 N–H and O–H groups in total. The minimum absolute atomic E-state index is 0. The Hall–Kier alpha value is -1.58. The molecule has 1 unspecified atom stereocenters. The number of amides is 6. The Morgan fingerprint density at radius 3 is 2.25 bits per heavy atom. The average molecular weight is 427 g/mol. The number of carbonyl (C=O) groups is 5. The first-order valence-electron chi connectivity index (χ1n) is 7.92. The van der Waals surface area contributed by atoms with Crippen molar-refractivity contribution in [3.63, 3.8) is 0 Å². The molecular formula is C13H18N5NaO8S. The van der Waals surface area contributed by atoms with Crippen LogP contribution in [0.4, 0.5) is 4.79 Å². The molecule has 2 aliphatic rings. The molecule has 2 rings (SSSR count). The van der Waals surface area contributed by atoms with E-state index in [4.69, 9.17) is 5.73 Å². The molecule has 0 saturated carbocycles. The molecule has 0 radical (unpaired) electrons. The number of nitrogens with zero attached hydrogens (tertiary/aromatic N) is 4. The predicted octanol–water partition coefficient (Wildman–Crippen LogP) is -6.35. The van der Waals surface area contributed by atoms with Gasteiger partial charge in [0.1, 0.15) is 6.04 Å². The van der Waals surface area contributed by atoms with Gasteiger partial charge in [-0.3, -0.25) is 24.1 Å². The van der Waals surface area contributed by atoms with Crippen molar-refractivity contribution in [3.8, 4) is 0 Å². The maximum Gasteiger partial charge on any atom is 1.00 e. The molecule has 0 aromatic carbocycles. The van der Waals surface area contributed by atoms with Gasteiger partial charge in [-0.15, -0.1) is 0 Å². The summed E-state index contributed by atoms with van der Waals surface area (Å²) >= 11 is 0. The molecule has 0 aromatic rings. The van der Waals surface area contributed by atoms with Gasteiger partial charge >= 0.3 is 47.4 Å². The van der Waals surface area contributed by atoms with Crippen LogP contribution in [0.2, 0.25) is 0 Å². The third-order valence-corrected chi connectivity index (χ3v) is 5.07. The molecule has 0 aromatic heterocycles. The smallest absolute Gasteiger partial charge is 0.731 e. The summed E-state index contributed by atoms with van der Waals surface area (Å²) in [6.45, 7) is 2.17. The van der Waals surface area contributed by atoms with Crippen LogP contribution in [0.5, 0.6) is 0 Å². The summed E-state index contributed by atoms with van der Waals surface area (Å²) in [6, 6.07) is -4.14. The summed E-state index contributed by atoms with van der Waals surface area (Å²) in [5.74, 6) is -4.48. The van der Waals surface area contributed by atoms with Gasteiger partial charge < -0.3 is 15.2 Å². The van der Waals surface area contributed by atoms with Crippen molar-refractivity contribution >= 4 is 40.0 Å². The van der Waals surface area contributed by atoms with E-state index in [9.17, 15) is 36.9 Å². The summed E-state index contributed by atoms with van der Waals surface area (Å²) in [5, 5.41) is 0. The number of nitrogens with two attached hydrogens (primary N) is 1. The minimum atomic E-state index is -5.10. The second kappa shape index (κ2) is 8.84. The molecule has 0 spiro atoms. The van der Waals surface area contributed by atoms with Gasteiger partial charge in [0.15, 0.2) is 10.3 Å². The molecule has 13 nitrogen and oxygen atoms in total. The van der Waals surface area contributed by atoms with Crippen LogP contribution in [-0.4, -0.2) is 99.9 Å². The first kappa shape index (κ1) is 24.5. The van der Waals surface area contributed by atoms with Gasteiger partial charge in [-0.05, 0) is 13.8 Å². The van der Waals surface area contributed by atoms with Gasteiger partial charge in [-0.25, -0.2) is 22.4 Å². The van der Waals surface area contributed by atoms with Crippen LogP contribution in [0.1, 0.15) is 13.8 Å². The number of piperazine rings is 1. The fraction of sp³-hybridized carbons (Fsp3) is 0.615. The van der Waals surface area contributed by atoms with Crippen molar-refractivity contribution in [2.45, 2.75) is 25.9 Å². The molecule has 6 amide bonds. The van der Waals surface area contributed by atoms with Crippen LogP contribution in [0.3, 0.4) is 0 Å². The van der Waals surface area contributed by atoms with Gasteiger partial charge in [0.25, 0.3) is 5.91 Å². The number of imide groups is 2. The van der Waals surface area contributed by atoms with Gasteiger partial charge in [0.2, 0.25) is 5.91 Å². The zero-order chi connectivity index (χ0) is 20.7. The summed E-state index contributed by atoms with van der Waals surface area (Å²) in [7, 11) is -5.10. The molecule has 2 atom stereocenters. The van der Waals surface area contributed by atoms with Crippen molar-refractivity contribution in [1.82, 2.24) is 19.0 Å². The summed E-state index contributed by atoms with van der Waals surface area (Å²) in [6.07, 6.45) is 0. The van der Waals surface area contributed by atoms with Gasteiger partial charge in [0, 0.05) is 19.6 Å². The first-order chi connectivity index (χ1) is 12.4. The summed E-state index contributed by atoms with van der Waals surface area (Å²) in [4.78, 5) is 63.2. The van der Waals surface area contributed by atoms with E-state index in [0.29, 0.717) is 9.80 Å². The molecule has 28 heavy (non-hydrogen) atoms. The Morgan fingerprint density at radius 2 is 1.82 bits per heavy atom. The number of likely N-dealkylation sites (N-methyl/N-ethyl adjacent to an activating group) is 1. The fourth-order valence-corrected chi connectivity index (χ4v) is 3.33. The van der Waals surface area contributed by atoms with Crippen molar-refractivity contribution in [1.29, 1.82) is 0 Å². The molecule has 150 valence electrons. The van der Waals surface area contributed by atoms with E-state index in [2.05, 4.69) is 0 Å². The normalized spacial score (nSPS) is 21.1. The van der Waals surface area contributed by atoms with E-state index in [1.165, 1.54) is 11.8 Å². The fourth-order valence-electron chi connectivity index (χ4n) is 2.66. The van der Waals surface area contributed by atoms with Crippen LogP contribution in [0.25, 0.3) is 0 Å². The summed E-state index contributed by atoms with van der Waals surface area (Å²) < 4.78 is 32.8. The summed E-state index contributed by atoms with van der Waals surface area (Å²) in [5.41, 5.74) is 5.47. The van der Waals surface area contributed by atoms with Crippen LogP contribution in [0, 0.1) is 0 Å². The van der Waals surface area contributed by atoms with E-state index >= 15 is 0 Å². The average Bonchev–Trinajstić information content (AvgIpc) is 2.57. The molecule has 2 aliphatic heterocycles. The molecular weight excluding hydrogens is 409 g/mol. The van der Waals surface area contributed by atoms with E-state index in [1.54, 1.807) is 6.92 Å². The quantitative estimate of drug-likeness (QED) is 0.197. The molecule has 2 heterocycles. The second-order valence-electron chi connectivity index (χ2n) is 5.96. The topological polar surface area (TPSA) is 182 Å². The Labute approximate surface area is 182 Å². The Morgan fingerprint density at radius 1 is 1.25 bits per heavy atom. The molecule has 0 bridgehead atoms. The standard InChI is InChI=1S/C13H19N5O8S.Na/c1-3-15-4-5-16(12(22)11(15)21)13(23)18(9(19)7(2)14)8-6-17(10(8)20)27(24,25)26;/h7-8H,3-6,14H2,1-2H3,(H,24,25,26);/q;+1/p-1/t7-,8?;/m1./s1. The van der Waals surface area contributed by atoms with E-state index in [0.717, 1.165) is 0 Å². The zero-order valence-electron chi connectivity index (χ0n) is 15.5. The monoisotopic (exact) mass is 427 g/mol. The largest absolute Gasteiger partial charge is 1.00 e. The van der Waals surface area contributed by atoms with Crippen LogP contribution < -0.4 is 35.3 Å². The maximum absolute atomic E-state index is 12.7. The van der Waals surface area contributed by atoms with Crippen molar-refractivity contribution < 1.29 is 66.5 Å². The van der Waals surface area contributed by atoms with Gasteiger partial charge in [-0.2, -0.15) is 0 Å². The number of β-lactam (4-membered cyclic amide) rings is 1. The Balaban J connectivity index is 0.00000392. The van der Waals surface area contributed by atoms with Gasteiger partial charge in [0.05, 0.1) is 12.6 Å². The van der Waals surface area contributed by atoms with E-state index in [-0.39, 0.29) is 53.5 Å². The number of urea groups is 1. The van der Waals surface area contributed by atoms with Crippen molar-refractivity contribution in [2.24, 2.45) is 5.73 Å². The van der Waals surface area contributed by atoms with Crippen LogP contribution in [-0.2, 0) is 29.5 Å². The van der Waals surface area contributed by atoms with Crippen molar-refractivity contribution in [2.75, 3.05) is 26.2 Å². The Kier molecular flexibility index (Phi) is 7.72. The van der Waals surface area contributed by atoms with Gasteiger partial charge in [-0.1, -0.05) is 0 Å². The second-order valence-corrected chi connectivity index (χ2v) is 7.26. The molecule has 15 heteroatoms. The minimum Gasteiger partial charge on any atom is -0.731 e. The van der Waals surface area contributed by atoms with Crippen LogP contribution in [0.15, 0.2) is 0 Å². The number of hydrogen-bond donors (Lipinski definition) is 1. The van der Waals surface area contributed by atoms with Crippen LogP contribution >= 0.6 is 0 Å². The molecule has 2 fully saturated rings. The Bertz CT molecular complexity index is 816. The third-order valence-electron chi connectivity index (χ3n) is 4.21. The third kappa shape index (κ3) is 4.36. The predicted molar refractivity (Wildman–Crippen MR) is 85.1 cm³/mol. The molecule has 2 saturated heterocycles. The maximum atomic E-state index is 12.7. The van der Waals surface area contributed by atoms with E-state index < -0.39 is 58.6 Å². The van der Waals surface area contributed by atoms with Crippen molar-refractivity contribution in [3.05, 3.63) is 0 Å². The zero-order valence-corrected chi connectivity index (χ0v) is 18.3. The first-order valence-corrected chi connectivity index (χ1v) is 9.29. The molecule has 0 aliphatic carbocycles.